The molecule has 1 N–H and O–H groups in total. The van der Waals surface area contributed by atoms with Gasteiger partial charge in [0, 0.05) is 11.6 Å². The normalized spacial score (nSPS) is 11.9. The molecule has 0 bridgehead atoms. The molecule has 0 aliphatic heterocycles. The lowest BCUT2D eigenvalue weighted by atomic mass is 9.86. The molecule has 0 fully saturated rings. The molecule has 0 saturated carbocycles. The molecule has 2 aromatic rings. The van der Waals surface area contributed by atoms with E-state index in [0.29, 0.717) is 0 Å². The van der Waals surface area contributed by atoms with Crippen molar-refractivity contribution in [1.29, 1.82) is 0 Å². The lowest BCUT2D eigenvalue weighted by Gasteiger charge is -2.20. The van der Waals surface area contributed by atoms with E-state index in [4.69, 9.17) is 0 Å². The van der Waals surface area contributed by atoms with Crippen molar-refractivity contribution in [3.8, 4) is 5.75 Å². The van der Waals surface area contributed by atoms with Gasteiger partial charge < -0.3 is 5.11 Å². The second kappa shape index (κ2) is 6.39. The van der Waals surface area contributed by atoms with Gasteiger partial charge in [-0.15, -0.1) is 10.2 Å². The molecule has 0 saturated heterocycles. The zero-order valence-electron chi connectivity index (χ0n) is 14.5. The van der Waals surface area contributed by atoms with Crippen LogP contribution in [0, 0.1) is 24.0 Å². The monoisotopic (exact) mass is 327 g/mol. The maximum Gasteiger partial charge on any atom is 0.297 e. The summed E-state index contributed by atoms with van der Waals surface area (Å²) in [6, 6.07) is 8.34. The first kappa shape index (κ1) is 17.6. The topological polar surface area (TPSA) is 88.1 Å². The number of phenolic OH excluding ortho intramolecular Hbond substituents is 1. The molecule has 6 heteroatoms. The zero-order valence-corrected chi connectivity index (χ0v) is 14.5. The summed E-state index contributed by atoms with van der Waals surface area (Å²) in [7, 11) is 0. The Morgan fingerprint density at radius 2 is 1.62 bits per heavy atom. The Hall–Kier alpha value is -2.76. The van der Waals surface area contributed by atoms with Gasteiger partial charge in [0.15, 0.2) is 5.69 Å². The molecule has 126 valence electrons. The van der Waals surface area contributed by atoms with Crippen LogP contribution in [0.4, 0.5) is 17.1 Å². The molecule has 0 heterocycles. The van der Waals surface area contributed by atoms with Gasteiger partial charge in [0.05, 0.1) is 4.92 Å². The quantitative estimate of drug-likeness (QED) is 0.450. The van der Waals surface area contributed by atoms with Crippen molar-refractivity contribution in [3.63, 3.8) is 0 Å². The number of aromatic hydroxyl groups is 1. The lowest BCUT2D eigenvalue weighted by molar-refractivity contribution is -0.384. The second-order valence-electron chi connectivity index (χ2n) is 6.81. The first-order valence-corrected chi connectivity index (χ1v) is 7.61. The molecule has 2 aromatic carbocycles. The number of azo groups is 1. The zero-order chi connectivity index (χ0) is 18.1. The van der Waals surface area contributed by atoms with Crippen LogP contribution in [0.3, 0.4) is 0 Å². The summed E-state index contributed by atoms with van der Waals surface area (Å²) in [6.45, 7) is 9.61. The average molecular weight is 327 g/mol. The van der Waals surface area contributed by atoms with Crippen LogP contribution in [0.1, 0.15) is 37.5 Å². The molecule has 0 atom stereocenters. The van der Waals surface area contributed by atoms with Crippen LogP contribution < -0.4 is 0 Å². The van der Waals surface area contributed by atoms with Crippen LogP contribution in [0.5, 0.6) is 5.75 Å². The summed E-state index contributed by atoms with van der Waals surface area (Å²) in [5.41, 5.74) is 2.56. The van der Waals surface area contributed by atoms with Crippen molar-refractivity contribution in [3.05, 3.63) is 57.1 Å². The molecular weight excluding hydrogens is 306 g/mol. The minimum absolute atomic E-state index is 0.0419. The Balaban J connectivity index is 2.50. The van der Waals surface area contributed by atoms with Crippen molar-refractivity contribution in [1.82, 2.24) is 0 Å². The van der Waals surface area contributed by atoms with Crippen LogP contribution in [0.25, 0.3) is 0 Å². The van der Waals surface area contributed by atoms with E-state index in [9.17, 15) is 15.2 Å². The van der Waals surface area contributed by atoms with E-state index in [1.807, 2.05) is 40.7 Å². The Kier molecular flexibility index (Phi) is 4.68. The summed E-state index contributed by atoms with van der Waals surface area (Å²) in [5, 5.41) is 29.6. The number of nitro benzene ring substituents is 1. The summed E-state index contributed by atoms with van der Waals surface area (Å²) in [4.78, 5) is 10.7. The van der Waals surface area contributed by atoms with E-state index in [1.54, 1.807) is 18.2 Å². The smallest absolute Gasteiger partial charge is 0.297 e. The van der Waals surface area contributed by atoms with Gasteiger partial charge in [0.25, 0.3) is 5.69 Å². The summed E-state index contributed by atoms with van der Waals surface area (Å²) >= 11 is 0. The fourth-order valence-electron chi connectivity index (χ4n) is 2.34. The van der Waals surface area contributed by atoms with Gasteiger partial charge >= 0.3 is 0 Å². The first-order chi connectivity index (χ1) is 11.1. The molecule has 6 nitrogen and oxygen atoms in total. The number of hydrogen-bond donors (Lipinski definition) is 1. The lowest BCUT2D eigenvalue weighted by Crippen LogP contribution is -2.10. The van der Waals surface area contributed by atoms with Crippen LogP contribution in [0.2, 0.25) is 0 Å². The highest BCUT2D eigenvalue weighted by Crippen LogP contribution is 2.39. The van der Waals surface area contributed by atoms with Crippen LogP contribution in [0.15, 0.2) is 40.6 Å². The molecule has 0 spiro atoms. The third-order valence-electron chi connectivity index (χ3n) is 3.88. The number of phenols is 1. The Morgan fingerprint density at radius 3 is 2.21 bits per heavy atom. The summed E-state index contributed by atoms with van der Waals surface area (Å²) < 4.78 is 0. The SMILES string of the molecule is Cc1cc(N=Nc2cccc(C(C)(C)C)c2O)c([N+](=O)[O-])cc1C. The standard InChI is InChI=1S/C18H21N3O3/c1-11-9-15(16(21(23)24)10-12(11)2)20-19-14-8-6-7-13(17(14)22)18(3,4)5/h6-10,22H,1-5H3. The van der Waals surface area contributed by atoms with Gasteiger partial charge in [0.1, 0.15) is 11.4 Å². The van der Waals surface area contributed by atoms with Gasteiger partial charge in [-0.1, -0.05) is 32.9 Å². The largest absolute Gasteiger partial charge is 0.505 e. The predicted molar refractivity (Wildman–Crippen MR) is 93.6 cm³/mol. The minimum atomic E-state index is -0.480. The van der Waals surface area contributed by atoms with Gasteiger partial charge in [-0.2, -0.15) is 0 Å². The highest BCUT2D eigenvalue weighted by molar-refractivity contribution is 5.62. The molecule has 0 radical (unpaired) electrons. The predicted octanol–water partition coefficient (Wildman–Crippen LogP) is 5.63. The van der Waals surface area contributed by atoms with Crippen molar-refractivity contribution in [2.75, 3.05) is 0 Å². The van der Waals surface area contributed by atoms with Gasteiger partial charge in [-0.3, -0.25) is 10.1 Å². The Morgan fingerprint density at radius 1 is 1.04 bits per heavy atom. The fraction of sp³-hybridized carbons (Fsp3) is 0.333. The molecule has 0 unspecified atom stereocenters. The van der Waals surface area contributed by atoms with Crippen LogP contribution >= 0.6 is 0 Å². The molecule has 0 aromatic heterocycles. The number of benzene rings is 2. The van der Waals surface area contributed by atoms with Gasteiger partial charge in [-0.05, 0) is 42.5 Å². The molecule has 24 heavy (non-hydrogen) atoms. The second-order valence-corrected chi connectivity index (χ2v) is 6.81. The van der Waals surface area contributed by atoms with Crippen molar-refractivity contribution in [2.24, 2.45) is 10.2 Å². The number of rotatable bonds is 3. The molecule has 2 rings (SSSR count). The number of nitro groups is 1. The van der Waals surface area contributed by atoms with E-state index in [1.165, 1.54) is 6.07 Å². The van der Waals surface area contributed by atoms with Crippen LogP contribution in [-0.2, 0) is 5.41 Å². The molecule has 0 aliphatic rings. The Bertz CT molecular complexity index is 821. The number of para-hydroxylation sites is 1. The van der Waals surface area contributed by atoms with Crippen molar-refractivity contribution < 1.29 is 10.0 Å². The van der Waals surface area contributed by atoms with E-state index in [0.717, 1.165) is 16.7 Å². The van der Waals surface area contributed by atoms with E-state index >= 15 is 0 Å². The number of aryl methyl sites for hydroxylation is 2. The first-order valence-electron chi connectivity index (χ1n) is 7.61. The average Bonchev–Trinajstić information content (AvgIpc) is 2.47. The molecule has 0 aliphatic carbocycles. The fourth-order valence-corrected chi connectivity index (χ4v) is 2.34. The van der Waals surface area contributed by atoms with E-state index in [-0.39, 0.29) is 28.2 Å². The minimum Gasteiger partial charge on any atom is -0.505 e. The highest BCUT2D eigenvalue weighted by Gasteiger charge is 2.20. The number of hydrogen-bond acceptors (Lipinski definition) is 5. The van der Waals surface area contributed by atoms with Crippen LogP contribution in [-0.4, -0.2) is 10.0 Å². The summed E-state index contributed by atoms with van der Waals surface area (Å²) in [5.74, 6) is 0.0419. The Labute approximate surface area is 141 Å². The molecule has 0 amide bonds. The van der Waals surface area contributed by atoms with Crippen molar-refractivity contribution in [2.45, 2.75) is 40.0 Å². The van der Waals surface area contributed by atoms with E-state index in [2.05, 4.69) is 10.2 Å². The van der Waals surface area contributed by atoms with Gasteiger partial charge in [-0.25, -0.2) is 0 Å². The molecular formula is C18H21N3O3. The maximum absolute atomic E-state index is 11.2. The van der Waals surface area contributed by atoms with Crippen molar-refractivity contribution >= 4 is 17.1 Å². The van der Waals surface area contributed by atoms with Gasteiger partial charge in [0.2, 0.25) is 0 Å². The highest BCUT2D eigenvalue weighted by atomic mass is 16.6. The van der Waals surface area contributed by atoms with E-state index < -0.39 is 4.92 Å². The third kappa shape index (κ3) is 3.59. The number of nitrogens with zero attached hydrogens (tertiary/aromatic N) is 3. The summed E-state index contributed by atoms with van der Waals surface area (Å²) in [6.07, 6.45) is 0. The maximum atomic E-state index is 11.2. The third-order valence-corrected chi connectivity index (χ3v) is 3.88.